The minimum Gasteiger partial charge on any atom is -0.352 e. The highest BCUT2D eigenvalue weighted by Crippen LogP contribution is 2.31. The van der Waals surface area contributed by atoms with Gasteiger partial charge in [-0.2, -0.15) is 0 Å². The lowest BCUT2D eigenvalue weighted by molar-refractivity contribution is 0.0955. The van der Waals surface area contributed by atoms with Crippen LogP contribution in [0.25, 0.3) is 0 Å². The van der Waals surface area contributed by atoms with Crippen molar-refractivity contribution in [2.75, 3.05) is 11.9 Å². The van der Waals surface area contributed by atoms with Gasteiger partial charge in [0, 0.05) is 16.6 Å². The predicted molar refractivity (Wildman–Crippen MR) is 123 cm³/mol. The van der Waals surface area contributed by atoms with Gasteiger partial charge in [-0.05, 0) is 42.3 Å². The van der Waals surface area contributed by atoms with Gasteiger partial charge in [-0.3, -0.25) is 9.59 Å². The zero-order valence-electron chi connectivity index (χ0n) is 15.5. The Hall–Kier alpha value is -2.24. The average molecular weight is 482 g/mol. The van der Waals surface area contributed by atoms with Crippen LogP contribution in [0.5, 0.6) is 0 Å². The molecule has 0 saturated heterocycles. The van der Waals surface area contributed by atoms with E-state index in [-0.39, 0.29) is 31.9 Å². The highest BCUT2D eigenvalue weighted by atomic mass is 35.5. The molecule has 154 valence electrons. The fourth-order valence-electron chi connectivity index (χ4n) is 2.79. The van der Waals surface area contributed by atoms with Crippen molar-refractivity contribution in [3.05, 3.63) is 97.4 Å². The molecular formula is C22H16Cl4N2O2. The molecule has 3 rings (SSSR count). The number of rotatable bonds is 6. The van der Waals surface area contributed by atoms with Crippen LogP contribution in [0.15, 0.2) is 60.7 Å². The Morgan fingerprint density at radius 3 is 2.13 bits per heavy atom. The third-order valence-electron chi connectivity index (χ3n) is 4.26. The van der Waals surface area contributed by atoms with Gasteiger partial charge >= 0.3 is 0 Å². The Morgan fingerprint density at radius 1 is 0.733 bits per heavy atom. The minimum atomic E-state index is -0.528. The Kier molecular flexibility index (Phi) is 7.62. The van der Waals surface area contributed by atoms with E-state index in [9.17, 15) is 9.59 Å². The monoisotopic (exact) mass is 480 g/mol. The molecule has 30 heavy (non-hydrogen) atoms. The fourth-order valence-corrected chi connectivity index (χ4v) is 3.83. The van der Waals surface area contributed by atoms with Crippen LogP contribution in [-0.4, -0.2) is 18.4 Å². The molecule has 0 aromatic heterocycles. The van der Waals surface area contributed by atoms with Crippen molar-refractivity contribution in [3.8, 4) is 0 Å². The second-order valence-electron chi connectivity index (χ2n) is 6.38. The molecule has 0 bridgehead atoms. The molecule has 3 aromatic rings. The van der Waals surface area contributed by atoms with Crippen LogP contribution >= 0.6 is 46.4 Å². The SMILES string of the molecule is O=C(Nc1c(Cl)cc(Cl)cc1C(=O)NCCc1ccccc1)c1ccc(Cl)cc1Cl. The van der Waals surface area contributed by atoms with Gasteiger partial charge in [0.1, 0.15) is 0 Å². The minimum absolute atomic E-state index is 0.133. The molecule has 0 saturated carbocycles. The van der Waals surface area contributed by atoms with Crippen LogP contribution in [0.2, 0.25) is 20.1 Å². The maximum absolute atomic E-state index is 12.8. The first-order chi connectivity index (χ1) is 14.3. The third kappa shape index (κ3) is 5.67. The smallest absolute Gasteiger partial charge is 0.257 e. The molecule has 0 spiro atoms. The van der Waals surface area contributed by atoms with E-state index < -0.39 is 11.8 Å². The number of anilines is 1. The molecule has 0 aliphatic carbocycles. The summed E-state index contributed by atoms with van der Waals surface area (Å²) >= 11 is 24.3. The summed E-state index contributed by atoms with van der Waals surface area (Å²) in [7, 11) is 0. The predicted octanol–water partition coefficient (Wildman–Crippen LogP) is 6.53. The molecule has 2 N–H and O–H groups in total. The van der Waals surface area contributed by atoms with Crippen molar-refractivity contribution < 1.29 is 9.59 Å². The number of benzene rings is 3. The van der Waals surface area contributed by atoms with Crippen molar-refractivity contribution in [2.45, 2.75) is 6.42 Å². The molecule has 0 unspecified atom stereocenters. The molecule has 4 nitrogen and oxygen atoms in total. The second kappa shape index (κ2) is 10.2. The van der Waals surface area contributed by atoms with Crippen LogP contribution in [0.1, 0.15) is 26.3 Å². The van der Waals surface area contributed by atoms with Gasteiger partial charge in [0.2, 0.25) is 0 Å². The van der Waals surface area contributed by atoms with Crippen LogP contribution in [0, 0.1) is 0 Å². The lowest BCUT2D eigenvalue weighted by atomic mass is 10.1. The quantitative estimate of drug-likeness (QED) is 0.420. The number of amides is 2. The molecule has 0 fully saturated rings. The van der Waals surface area contributed by atoms with Gasteiger partial charge in [0.25, 0.3) is 11.8 Å². The van der Waals surface area contributed by atoms with Gasteiger partial charge in [-0.25, -0.2) is 0 Å². The van der Waals surface area contributed by atoms with E-state index in [0.717, 1.165) is 5.56 Å². The maximum atomic E-state index is 12.8. The van der Waals surface area contributed by atoms with Crippen molar-refractivity contribution in [1.82, 2.24) is 5.32 Å². The number of carbonyl (C=O) groups excluding carboxylic acids is 2. The normalized spacial score (nSPS) is 10.5. The van der Waals surface area contributed by atoms with E-state index >= 15 is 0 Å². The van der Waals surface area contributed by atoms with Crippen LogP contribution < -0.4 is 10.6 Å². The van der Waals surface area contributed by atoms with Crippen molar-refractivity contribution in [2.24, 2.45) is 0 Å². The molecule has 0 heterocycles. The Labute approximate surface area is 194 Å². The highest BCUT2D eigenvalue weighted by molar-refractivity contribution is 6.39. The average Bonchev–Trinajstić information content (AvgIpc) is 2.70. The van der Waals surface area contributed by atoms with Crippen LogP contribution in [0.4, 0.5) is 5.69 Å². The Morgan fingerprint density at radius 2 is 1.43 bits per heavy atom. The number of hydrogen-bond acceptors (Lipinski definition) is 2. The van der Waals surface area contributed by atoms with Gasteiger partial charge in [-0.15, -0.1) is 0 Å². The molecule has 0 radical (unpaired) electrons. The lowest BCUT2D eigenvalue weighted by Gasteiger charge is -2.14. The Balaban J connectivity index is 1.79. The lowest BCUT2D eigenvalue weighted by Crippen LogP contribution is -2.27. The highest BCUT2D eigenvalue weighted by Gasteiger charge is 2.20. The van der Waals surface area contributed by atoms with E-state index in [1.54, 1.807) is 6.07 Å². The zero-order chi connectivity index (χ0) is 21.7. The summed E-state index contributed by atoms with van der Waals surface area (Å²) in [6.07, 6.45) is 0.656. The van der Waals surface area contributed by atoms with E-state index in [1.807, 2.05) is 30.3 Å². The van der Waals surface area contributed by atoms with E-state index in [4.69, 9.17) is 46.4 Å². The molecule has 0 atom stereocenters. The van der Waals surface area contributed by atoms with Crippen LogP contribution in [-0.2, 0) is 6.42 Å². The van der Waals surface area contributed by atoms with Crippen molar-refractivity contribution in [1.29, 1.82) is 0 Å². The maximum Gasteiger partial charge on any atom is 0.257 e. The van der Waals surface area contributed by atoms with E-state index in [0.29, 0.717) is 18.0 Å². The summed E-state index contributed by atoms with van der Waals surface area (Å²) < 4.78 is 0. The molecular weight excluding hydrogens is 466 g/mol. The van der Waals surface area contributed by atoms with Gasteiger partial charge in [0.05, 0.1) is 26.9 Å². The molecule has 2 amide bonds. The van der Waals surface area contributed by atoms with Gasteiger partial charge < -0.3 is 10.6 Å². The first-order valence-corrected chi connectivity index (χ1v) is 10.4. The first kappa shape index (κ1) is 22.4. The molecule has 0 aliphatic heterocycles. The van der Waals surface area contributed by atoms with Crippen LogP contribution in [0.3, 0.4) is 0 Å². The summed E-state index contributed by atoms with van der Waals surface area (Å²) in [5.74, 6) is -0.938. The first-order valence-electron chi connectivity index (χ1n) is 8.92. The summed E-state index contributed by atoms with van der Waals surface area (Å²) in [6, 6.07) is 17.1. The fraction of sp³-hybridized carbons (Fsp3) is 0.0909. The Bertz CT molecular complexity index is 1090. The number of hydrogen-bond donors (Lipinski definition) is 2. The summed E-state index contributed by atoms with van der Waals surface area (Å²) in [6.45, 7) is 0.406. The summed E-state index contributed by atoms with van der Waals surface area (Å²) in [4.78, 5) is 25.5. The largest absolute Gasteiger partial charge is 0.352 e. The number of nitrogens with one attached hydrogen (secondary N) is 2. The van der Waals surface area contributed by atoms with E-state index in [1.165, 1.54) is 24.3 Å². The second-order valence-corrected chi connectivity index (χ2v) is 8.07. The van der Waals surface area contributed by atoms with Crippen molar-refractivity contribution in [3.63, 3.8) is 0 Å². The van der Waals surface area contributed by atoms with Gasteiger partial charge in [0.15, 0.2) is 0 Å². The standard InChI is InChI=1S/C22H16Cl4N2O2/c23-14-6-7-16(18(25)11-14)22(30)28-20-17(10-15(24)12-19(20)26)21(29)27-9-8-13-4-2-1-3-5-13/h1-7,10-12H,8-9H2,(H,27,29)(H,28,30). The summed E-state index contributed by atoms with van der Waals surface area (Å²) in [5, 5.41) is 6.47. The topological polar surface area (TPSA) is 58.2 Å². The number of carbonyl (C=O) groups is 2. The molecule has 3 aromatic carbocycles. The zero-order valence-corrected chi connectivity index (χ0v) is 18.5. The van der Waals surface area contributed by atoms with Gasteiger partial charge in [-0.1, -0.05) is 76.7 Å². The summed E-state index contributed by atoms with van der Waals surface area (Å²) in [5.41, 5.74) is 1.59. The molecule has 0 aliphatic rings. The number of halogens is 4. The van der Waals surface area contributed by atoms with E-state index in [2.05, 4.69) is 10.6 Å². The van der Waals surface area contributed by atoms with Crippen molar-refractivity contribution >= 4 is 63.9 Å². The molecule has 8 heteroatoms. The third-order valence-corrected chi connectivity index (χ3v) is 5.32.